The van der Waals surface area contributed by atoms with Gasteiger partial charge in [-0.15, -0.1) is 0 Å². The van der Waals surface area contributed by atoms with Crippen molar-refractivity contribution in [1.82, 2.24) is 0 Å². The molecule has 0 saturated carbocycles. The first-order valence-electron chi connectivity index (χ1n) is 15.2. The Morgan fingerprint density at radius 2 is 1.17 bits per heavy atom. The molecule has 0 spiro atoms. The largest absolute Gasteiger partial charge is 0.481 e. The van der Waals surface area contributed by atoms with Gasteiger partial charge in [-0.3, -0.25) is 9.59 Å². The van der Waals surface area contributed by atoms with E-state index in [1.807, 2.05) is 6.08 Å². The zero-order valence-corrected chi connectivity index (χ0v) is 23.4. The van der Waals surface area contributed by atoms with E-state index in [1.165, 1.54) is 96.3 Å². The van der Waals surface area contributed by atoms with Gasteiger partial charge in [-0.25, -0.2) is 0 Å². The summed E-state index contributed by atoms with van der Waals surface area (Å²) in [5.41, 5.74) is 1.63. The Bertz CT molecular complexity index is 535. The maximum atomic E-state index is 11.5. The van der Waals surface area contributed by atoms with Gasteiger partial charge in [-0.2, -0.15) is 0 Å². The summed E-state index contributed by atoms with van der Waals surface area (Å²) in [7, 11) is 0. The number of carbonyl (C=O) groups is 2. The fourth-order valence-electron chi connectivity index (χ4n) is 4.79. The monoisotopic (exact) mass is 490 g/mol. The van der Waals surface area contributed by atoms with Gasteiger partial charge in [0.1, 0.15) is 6.29 Å². The maximum absolute atomic E-state index is 11.5. The van der Waals surface area contributed by atoms with Gasteiger partial charge in [-0.1, -0.05) is 115 Å². The van der Waals surface area contributed by atoms with E-state index in [4.69, 9.17) is 0 Å². The molecule has 0 aromatic carbocycles. The van der Waals surface area contributed by atoms with Crippen LogP contribution in [0.3, 0.4) is 0 Å². The van der Waals surface area contributed by atoms with Crippen LogP contribution in [0.25, 0.3) is 0 Å². The van der Waals surface area contributed by atoms with Gasteiger partial charge in [0.15, 0.2) is 0 Å². The lowest BCUT2D eigenvalue weighted by atomic mass is 9.93. The quantitative estimate of drug-likeness (QED) is 0.0539. The second-order valence-electron chi connectivity index (χ2n) is 10.4. The molecular formula is C32H58O3. The molecule has 0 aromatic heterocycles. The van der Waals surface area contributed by atoms with E-state index in [2.05, 4.69) is 19.9 Å². The maximum Gasteiger partial charge on any atom is 0.306 e. The molecule has 3 heteroatoms. The van der Waals surface area contributed by atoms with Crippen LogP contribution in [0.4, 0.5) is 0 Å². The van der Waals surface area contributed by atoms with Crippen molar-refractivity contribution in [2.75, 3.05) is 0 Å². The smallest absolute Gasteiger partial charge is 0.306 e. The molecule has 0 aliphatic rings. The van der Waals surface area contributed by atoms with Crippen molar-refractivity contribution in [3.8, 4) is 0 Å². The number of hydrogen-bond donors (Lipinski definition) is 1. The van der Waals surface area contributed by atoms with Crippen molar-refractivity contribution in [3.05, 3.63) is 23.8 Å². The van der Waals surface area contributed by atoms with E-state index >= 15 is 0 Å². The lowest BCUT2D eigenvalue weighted by molar-refractivity contribution is -0.142. The number of aldehydes is 1. The van der Waals surface area contributed by atoms with Crippen LogP contribution in [0, 0.1) is 5.92 Å². The minimum atomic E-state index is -0.600. The SMILES string of the molecule is CCCCCC/C=C(/CCCCCCCCCCC/C=C\C=O)CCCC[C@H](CCCC)C(=O)O. The van der Waals surface area contributed by atoms with Crippen LogP contribution in [0.2, 0.25) is 0 Å². The van der Waals surface area contributed by atoms with Crippen LogP contribution in [0.5, 0.6) is 0 Å². The van der Waals surface area contributed by atoms with Gasteiger partial charge >= 0.3 is 5.97 Å². The molecule has 3 nitrogen and oxygen atoms in total. The highest BCUT2D eigenvalue weighted by atomic mass is 16.4. The summed E-state index contributed by atoms with van der Waals surface area (Å²) in [6, 6.07) is 0. The predicted octanol–water partition coefficient (Wildman–Crippen LogP) is 10.4. The molecule has 0 bridgehead atoms. The van der Waals surface area contributed by atoms with Gasteiger partial charge < -0.3 is 5.11 Å². The number of aliphatic carboxylic acids is 1. The summed E-state index contributed by atoms with van der Waals surface area (Å²) >= 11 is 0. The molecular weight excluding hydrogens is 432 g/mol. The number of carboxylic acids is 1. The van der Waals surface area contributed by atoms with Crippen LogP contribution < -0.4 is 0 Å². The number of rotatable bonds is 27. The molecule has 0 radical (unpaired) electrons. The fraction of sp³-hybridized carbons (Fsp3) is 0.812. The van der Waals surface area contributed by atoms with Crippen molar-refractivity contribution in [3.63, 3.8) is 0 Å². The molecule has 1 N–H and O–H groups in total. The topological polar surface area (TPSA) is 54.4 Å². The summed E-state index contributed by atoms with van der Waals surface area (Å²) in [6.07, 6.45) is 34.7. The van der Waals surface area contributed by atoms with E-state index in [0.29, 0.717) is 0 Å². The van der Waals surface area contributed by atoms with Gasteiger partial charge in [-0.05, 0) is 70.3 Å². The van der Waals surface area contributed by atoms with Crippen molar-refractivity contribution >= 4 is 12.3 Å². The Hall–Kier alpha value is -1.38. The van der Waals surface area contributed by atoms with Crippen molar-refractivity contribution in [2.24, 2.45) is 5.92 Å². The average Bonchev–Trinajstić information content (AvgIpc) is 2.85. The molecule has 0 amide bonds. The van der Waals surface area contributed by atoms with Gasteiger partial charge in [0.05, 0.1) is 5.92 Å². The number of allylic oxidation sites excluding steroid dienone is 4. The van der Waals surface area contributed by atoms with Crippen LogP contribution in [-0.2, 0) is 9.59 Å². The molecule has 0 heterocycles. The van der Waals surface area contributed by atoms with Crippen molar-refractivity contribution in [1.29, 1.82) is 0 Å². The molecule has 204 valence electrons. The standard InChI is InChI=1S/C32H58O3/c1-3-5-7-16-19-24-30(26-21-22-28-31(32(34)35)27-6-4-2)25-20-17-14-12-10-8-9-11-13-15-18-23-29-33/h18,23-24,29,31H,3-17,19-22,25-28H2,1-2H3,(H,34,35)/b23-18-,30-24-/t31-/m0/s1. The minimum Gasteiger partial charge on any atom is -0.481 e. The summed E-state index contributed by atoms with van der Waals surface area (Å²) in [4.78, 5) is 21.7. The number of carboxylic acid groups (broad SMARTS) is 1. The predicted molar refractivity (Wildman–Crippen MR) is 152 cm³/mol. The van der Waals surface area contributed by atoms with E-state index in [9.17, 15) is 14.7 Å². The minimum absolute atomic E-state index is 0.143. The molecule has 1 atom stereocenters. The zero-order chi connectivity index (χ0) is 25.8. The van der Waals surface area contributed by atoms with E-state index in [1.54, 1.807) is 11.6 Å². The second kappa shape index (κ2) is 27.2. The Kier molecular flexibility index (Phi) is 26.1. The molecule has 0 rings (SSSR count). The molecule has 0 aromatic rings. The highest BCUT2D eigenvalue weighted by Gasteiger charge is 2.16. The van der Waals surface area contributed by atoms with Crippen molar-refractivity contribution in [2.45, 2.75) is 162 Å². The van der Waals surface area contributed by atoms with E-state index < -0.39 is 5.97 Å². The Labute approximate surface area is 218 Å². The normalized spacial score (nSPS) is 12.9. The Balaban J connectivity index is 4.07. The Morgan fingerprint density at radius 3 is 1.77 bits per heavy atom. The first kappa shape index (κ1) is 33.6. The number of unbranched alkanes of at least 4 members (excludes halogenated alkanes) is 15. The lowest BCUT2D eigenvalue weighted by Crippen LogP contribution is -2.13. The first-order valence-corrected chi connectivity index (χ1v) is 15.2. The number of carbonyl (C=O) groups excluding carboxylic acids is 1. The molecule has 0 aliphatic carbocycles. The number of hydrogen-bond acceptors (Lipinski definition) is 2. The molecule has 35 heavy (non-hydrogen) atoms. The second-order valence-corrected chi connectivity index (χ2v) is 10.4. The molecule has 0 unspecified atom stereocenters. The van der Waals surface area contributed by atoms with E-state index in [-0.39, 0.29) is 5.92 Å². The Morgan fingerprint density at radius 1 is 0.657 bits per heavy atom. The van der Waals surface area contributed by atoms with Crippen molar-refractivity contribution < 1.29 is 14.7 Å². The highest BCUT2D eigenvalue weighted by molar-refractivity contribution is 5.69. The molecule has 0 aliphatic heterocycles. The lowest BCUT2D eigenvalue weighted by Gasteiger charge is -2.12. The van der Waals surface area contributed by atoms with Gasteiger partial charge in [0, 0.05) is 0 Å². The van der Waals surface area contributed by atoms with E-state index in [0.717, 1.165) is 57.7 Å². The summed E-state index contributed by atoms with van der Waals surface area (Å²) in [5.74, 6) is -0.743. The summed E-state index contributed by atoms with van der Waals surface area (Å²) in [6.45, 7) is 4.40. The third-order valence-corrected chi connectivity index (χ3v) is 7.13. The van der Waals surface area contributed by atoms with Crippen LogP contribution in [0.15, 0.2) is 23.8 Å². The third-order valence-electron chi connectivity index (χ3n) is 7.13. The first-order chi connectivity index (χ1) is 17.2. The molecule has 0 saturated heterocycles. The summed E-state index contributed by atoms with van der Waals surface area (Å²) < 4.78 is 0. The third kappa shape index (κ3) is 24.1. The summed E-state index contributed by atoms with van der Waals surface area (Å²) in [5, 5.41) is 9.46. The van der Waals surface area contributed by atoms with Crippen LogP contribution >= 0.6 is 0 Å². The van der Waals surface area contributed by atoms with Gasteiger partial charge in [0.25, 0.3) is 0 Å². The van der Waals surface area contributed by atoms with Gasteiger partial charge in [0.2, 0.25) is 0 Å². The molecule has 0 fully saturated rings. The van der Waals surface area contributed by atoms with Crippen LogP contribution in [0.1, 0.15) is 162 Å². The zero-order valence-electron chi connectivity index (χ0n) is 23.4. The average molecular weight is 491 g/mol. The fourth-order valence-corrected chi connectivity index (χ4v) is 4.79. The highest BCUT2D eigenvalue weighted by Crippen LogP contribution is 2.22. The van der Waals surface area contributed by atoms with Crippen LogP contribution in [-0.4, -0.2) is 17.4 Å².